The van der Waals surface area contributed by atoms with E-state index in [1.54, 1.807) is 30.4 Å². The molecule has 0 radical (unpaired) electrons. The third kappa shape index (κ3) is 6.80. The van der Waals surface area contributed by atoms with Crippen LogP contribution in [0.5, 0.6) is 11.5 Å². The Balaban J connectivity index is 1.94. The Kier molecular flexibility index (Phi) is 7.97. The number of nitrogens with zero attached hydrogens (tertiary/aromatic N) is 1. The highest BCUT2D eigenvalue weighted by molar-refractivity contribution is 5.97. The second-order valence-electron chi connectivity index (χ2n) is 6.09. The average molecular weight is 398 g/mol. The first-order chi connectivity index (χ1) is 13.9. The summed E-state index contributed by atoms with van der Waals surface area (Å²) in [6.45, 7) is 3.81. The summed E-state index contributed by atoms with van der Waals surface area (Å²) in [7, 11) is 3.05. The molecule has 2 aromatic carbocycles. The second kappa shape index (κ2) is 10.7. The molecule has 0 bridgehead atoms. The summed E-state index contributed by atoms with van der Waals surface area (Å²) in [4.78, 5) is 25.6. The molecule has 152 valence electrons. The van der Waals surface area contributed by atoms with Crippen LogP contribution in [0.1, 0.15) is 5.56 Å². The number of halogens is 1. The van der Waals surface area contributed by atoms with Crippen LogP contribution in [-0.2, 0) is 9.59 Å². The van der Waals surface area contributed by atoms with Crippen LogP contribution < -0.4 is 14.8 Å². The molecule has 0 saturated heterocycles. The molecule has 29 heavy (non-hydrogen) atoms. The van der Waals surface area contributed by atoms with E-state index >= 15 is 0 Å². The van der Waals surface area contributed by atoms with Crippen molar-refractivity contribution >= 4 is 23.6 Å². The van der Waals surface area contributed by atoms with Gasteiger partial charge in [-0.2, -0.15) is 0 Å². The highest BCUT2D eigenvalue weighted by Crippen LogP contribution is 2.28. The van der Waals surface area contributed by atoms with E-state index in [4.69, 9.17) is 9.47 Å². The van der Waals surface area contributed by atoms with Crippen LogP contribution in [0, 0.1) is 5.82 Å². The fraction of sp³-hybridized carbons (Fsp3) is 0.182. The molecular formula is C22H23FN2O4. The number of carbonyl (C=O) groups is 2. The fourth-order valence-electron chi connectivity index (χ4n) is 2.38. The molecule has 0 aliphatic carbocycles. The molecule has 7 heteroatoms. The van der Waals surface area contributed by atoms with Gasteiger partial charge in [-0.05, 0) is 48.0 Å². The molecule has 0 aromatic heterocycles. The van der Waals surface area contributed by atoms with Crippen LogP contribution in [0.25, 0.3) is 6.08 Å². The lowest BCUT2D eigenvalue weighted by atomic mass is 10.2. The van der Waals surface area contributed by atoms with E-state index < -0.39 is 5.82 Å². The lowest BCUT2D eigenvalue weighted by Crippen LogP contribution is -2.33. The molecular weight excluding hydrogens is 375 g/mol. The Morgan fingerprint density at radius 3 is 2.55 bits per heavy atom. The predicted molar refractivity (Wildman–Crippen MR) is 110 cm³/mol. The molecule has 1 N–H and O–H groups in total. The molecule has 2 aromatic rings. The smallest absolute Gasteiger partial charge is 0.246 e. The van der Waals surface area contributed by atoms with E-state index in [0.29, 0.717) is 23.8 Å². The fourth-order valence-corrected chi connectivity index (χ4v) is 2.38. The maximum Gasteiger partial charge on any atom is 0.246 e. The van der Waals surface area contributed by atoms with Crippen molar-refractivity contribution in [3.63, 3.8) is 0 Å². The van der Waals surface area contributed by atoms with Gasteiger partial charge >= 0.3 is 0 Å². The summed E-state index contributed by atoms with van der Waals surface area (Å²) < 4.78 is 23.7. The van der Waals surface area contributed by atoms with Crippen molar-refractivity contribution in [2.24, 2.45) is 0 Å². The molecule has 0 unspecified atom stereocenters. The van der Waals surface area contributed by atoms with Gasteiger partial charge in [0.25, 0.3) is 0 Å². The van der Waals surface area contributed by atoms with E-state index in [9.17, 15) is 14.0 Å². The third-order valence-electron chi connectivity index (χ3n) is 3.85. The monoisotopic (exact) mass is 398 g/mol. The topological polar surface area (TPSA) is 67.9 Å². The minimum Gasteiger partial charge on any atom is -0.493 e. The lowest BCUT2D eigenvalue weighted by molar-refractivity contribution is -0.129. The van der Waals surface area contributed by atoms with Crippen molar-refractivity contribution in [3.8, 4) is 11.5 Å². The summed E-state index contributed by atoms with van der Waals surface area (Å²) in [5, 5.41) is 2.61. The molecule has 2 amide bonds. The van der Waals surface area contributed by atoms with Gasteiger partial charge in [-0.25, -0.2) is 4.39 Å². The maximum atomic E-state index is 12.9. The zero-order chi connectivity index (χ0) is 21.2. The number of hydrogen-bond donors (Lipinski definition) is 1. The van der Waals surface area contributed by atoms with Crippen molar-refractivity contribution in [3.05, 3.63) is 72.6 Å². The molecule has 0 atom stereocenters. The number of anilines is 1. The Labute approximate surface area is 169 Å². The van der Waals surface area contributed by atoms with Crippen LogP contribution in [0.2, 0.25) is 0 Å². The van der Waals surface area contributed by atoms with Gasteiger partial charge < -0.3 is 19.7 Å². The molecule has 0 fully saturated rings. The van der Waals surface area contributed by atoms with Crippen LogP contribution in [0.3, 0.4) is 0 Å². The Bertz CT molecular complexity index is 894. The van der Waals surface area contributed by atoms with Crippen LogP contribution in [0.4, 0.5) is 10.1 Å². The molecule has 0 spiro atoms. The lowest BCUT2D eigenvalue weighted by Gasteiger charge is -2.15. The number of hydrogen-bond acceptors (Lipinski definition) is 4. The summed E-state index contributed by atoms with van der Waals surface area (Å²) >= 11 is 0. The molecule has 6 nitrogen and oxygen atoms in total. The van der Waals surface area contributed by atoms with Gasteiger partial charge in [0.2, 0.25) is 11.8 Å². The number of nitrogens with one attached hydrogen (secondary N) is 1. The summed E-state index contributed by atoms with van der Waals surface area (Å²) in [5.41, 5.74) is 1.20. The minimum atomic E-state index is -0.391. The number of ether oxygens (including phenoxy) is 2. The van der Waals surface area contributed by atoms with Crippen molar-refractivity contribution in [1.29, 1.82) is 0 Å². The van der Waals surface area contributed by atoms with Gasteiger partial charge in [-0.1, -0.05) is 18.7 Å². The standard InChI is InChI=1S/C22H23FN2O4/c1-4-13-29-19-11-5-16(14-20(19)28-3)6-12-22(27)25(2)15-21(26)24-18-9-7-17(23)8-10-18/h4-12,14H,1,13,15H2,2-3H3,(H,24,26)/b12-6+. The van der Waals surface area contributed by atoms with Crippen molar-refractivity contribution in [1.82, 2.24) is 4.90 Å². The highest BCUT2D eigenvalue weighted by atomic mass is 19.1. The molecule has 0 saturated carbocycles. The first-order valence-electron chi connectivity index (χ1n) is 8.83. The van der Waals surface area contributed by atoms with Crippen molar-refractivity contribution in [2.75, 3.05) is 32.6 Å². The van der Waals surface area contributed by atoms with Gasteiger partial charge in [-0.15, -0.1) is 0 Å². The molecule has 0 aliphatic heterocycles. The normalized spacial score (nSPS) is 10.4. The SMILES string of the molecule is C=CCOc1ccc(/C=C/C(=O)N(C)CC(=O)Nc2ccc(F)cc2)cc1OC. The highest BCUT2D eigenvalue weighted by Gasteiger charge is 2.11. The van der Waals surface area contributed by atoms with E-state index in [2.05, 4.69) is 11.9 Å². The van der Waals surface area contributed by atoms with Crippen LogP contribution >= 0.6 is 0 Å². The Hall–Kier alpha value is -3.61. The van der Waals surface area contributed by atoms with Gasteiger partial charge in [0, 0.05) is 18.8 Å². The van der Waals surface area contributed by atoms with Crippen LogP contribution in [0.15, 0.2) is 61.2 Å². The van der Waals surface area contributed by atoms with E-state index in [0.717, 1.165) is 5.56 Å². The van der Waals surface area contributed by atoms with Crippen molar-refractivity contribution in [2.45, 2.75) is 0 Å². The van der Waals surface area contributed by atoms with Gasteiger partial charge in [-0.3, -0.25) is 9.59 Å². The number of methoxy groups -OCH3 is 1. The second-order valence-corrected chi connectivity index (χ2v) is 6.09. The Morgan fingerprint density at radius 2 is 1.90 bits per heavy atom. The molecule has 2 rings (SSSR count). The van der Waals surface area contributed by atoms with Gasteiger partial charge in [0.05, 0.1) is 13.7 Å². The van der Waals surface area contributed by atoms with E-state index in [1.807, 2.05) is 0 Å². The zero-order valence-corrected chi connectivity index (χ0v) is 16.4. The zero-order valence-electron chi connectivity index (χ0n) is 16.4. The van der Waals surface area contributed by atoms with E-state index in [1.165, 1.54) is 49.4 Å². The number of benzene rings is 2. The van der Waals surface area contributed by atoms with Gasteiger partial charge in [0.15, 0.2) is 11.5 Å². The van der Waals surface area contributed by atoms with Crippen LogP contribution in [-0.4, -0.2) is 44.0 Å². The average Bonchev–Trinajstić information content (AvgIpc) is 2.72. The maximum absolute atomic E-state index is 12.9. The quantitative estimate of drug-likeness (QED) is 0.519. The molecule has 0 heterocycles. The first-order valence-corrected chi connectivity index (χ1v) is 8.83. The molecule has 0 aliphatic rings. The number of rotatable bonds is 9. The van der Waals surface area contributed by atoms with Crippen molar-refractivity contribution < 1.29 is 23.5 Å². The first kappa shape index (κ1) is 21.7. The summed E-state index contributed by atoms with van der Waals surface area (Å²) in [6.07, 6.45) is 4.62. The minimum absolute atomic E-state index is 0.141. The summed E-state index contributed by atoms with van der Waals surface area (Å²) in [6, 6.07) is 10.7. The number of carbonyl (C=O) groups excluding carboxylic acids is 2. The predicted octanol–water partition coefficient (Wildman–Crippen LogP) is 3.51. The summed E-state index contributed by atoms with van der Waals surface area (Å²) in [5.74, 6) is -0.00671. The van der Waals surface area contributed by atoms with E-state index in [-0.39, 0.29) is 18.4 Å². The largest absolute Gasteiger partial charge is 0.493 e. The third-order valence-corrected chi connectivity index (χ3v) is 3.85. The Morgan fingerprint density at radius 1 is 1.17 bits per heavy atom. The number of amides is 2. The van der Waals surface area contributed by atoms with Gasteiger partial charge in [0.1, 0.15) is 12.4 Å². The number of likely N-dealkylation sites (N-methyl/N-ethyl adjacent to an activating group) is 1.